The fourth-order valence-electron chi connectivity index (χ4n) is 2.29. The van der Waals surface area contributed by atoms with Crippen molar-refractivity contribution >= 4 is 5.91 Å². The fourth-order valence-corrected chi connectivity index (χ4v) is 2.29. The van der Waals surface area contributed by atoms with Crippen molar-refractivity contribution in [3.63, 3.8) is 0 Å². The molecule has 0 aliphatic carbocycles. The van der Waals surface area contributed by atoms with Gasteiger partial charge in [0.25, 0.3) is 0 Å². The van der Waals surface area contributed by atoms with Crippen molar-refractivity contribution in [1.82, 2.24) is 5.32 Å². The molecular weight excluding hydrogens is 164 g/mol. The maximum Gasteiger partial charge on any atom is 0.221 e. The van der Waals surface area contributed by atoms with Crippen molar-refractivity contribution in [3.05, 3.63) is 0 Å². The molecule has 3 N–H and O–H groups in total. The third kappa shape index (κ3) is 2.69. The van der Waals surface area contributed by atoms with Crippen molar-refractivity contribution in [1.29, 1.82) is 0 Å². The second-order valence-electron chi connectivity index (χ2n) is 4.28. The van der Waals surface area contributed by atoms with Crippen LogP contribution in [-0.4, -0.2) is 19.0 Å². The van der Waals surface area contributed by atoms with E-state index in [1.165, 1.54) is 6.42 Å². The first-order chi connectivity index (χ1) is 6.13. The number of rotatable bonds is 3. The zero-order valence-corrected chi connectivity index (χ0v) is 8.55. The van der Waals surface area contributed by atoms with Crippen molar-refractivity contribution in [2.24, 2.45) is 23.5 Å². The molecule has 1 fully saturated rings. The van der Waals surface area contributed by atoms with Gasteiger partial charge in [0.1, 0.15) is 0 Å². The van der Waals surface area contributed by atoms with Crippen LogP contribution in [0.15, 0.2) is 0 Å². The summed E-state index contributed by atoms with van der Waals surface area (Å²) in [5.74, 6) is 0.727. The van der Waals surface area contributed by atoms with Gasteiger partial charge in [0.15, 0.2) is 0 Å². The lowest BCUT2D eigenvalue weighted by Gasteiger charge is -2.31. The Balaban J connectivity index is 2.57. The number of carbonyl (C=O) groups excluding carboxylic acids is 1. The summed E-state index contributed by atoms with van der Waals surface area (Å²) in [6.45, 7) is 6.18. The molecule has 3 nitrogen and oxygen atoms in total. The Kier molecular flexibility index (Phi) is 3.72. The normalized spacial score (nSPS) is 25.9. The minimum atomic E-state index is -0.135. The number of hydrogen-bond acceptors (Lipinski definition) is 2. The Morgan fingerprint density at radius 2 is 2.23 bits per heavy atom. The summed E-state index contributed by atoms with van der Waals surface area (Å²) in [4.78, 5) is 11.2. The predicted octanol–water partition coefficient (Wildman–Crippen LogP) is 0.744. The van der Waals surface area contributed by atoms with Gasteiger partial charge in [-0.2, -0.15) is 0 Å². The van der Waals surface area contributed by atoms with E-state index in [1.54, 1.807) is 0 Å². The topological polar surface area (TPSA) is 55.1 Å². The first-order valence-electron chi connectivity index (χ1n) is 5.13. The standard InChI is InChI=1S/C10H20N2O/c1-7(2)9(10(11)13)8-4-3-5-12-6-8/h7-9,12H,3-6H2,1-2H3,(H2,11,13). The lowest BCUT2D eigenvalue weighted by Crippen LogP contribution is -2.41. The minimum Gasteiger partial charge on any atom is -0.369 e. The molecule has 1 rings (SSSR count). The maximum absolute atomic E-state index is 11.2. The molecule has 1 aliphatic rings. The lowest BCUT2D eigenvalue weighted by atomic mass is 9.79. The molecule has 0 bridgehead atoms. The van der Waals surface area contributed by atoms with Crippen molar-refractivity contribution in [3.8, 4) is 0 Å². The highest BCUT2D eigenvalue weighted by molar-refractivity contribution is 5.77. The zero-order valence-electron chi connectivity index (χ0n) is 8.55. The van der Waals surface area contributed by atoms with E-state index in [-0.39, 0.29) is 11.8 Å². The van der Waals surface area contributed by atoms with Gasteiger partial charge in [-0.25, -0.2) is 0 Å². The summed E-state index contributed by atoms with van der Waals surface area (Å²) in [6, 6.07) is 0. The molecule has 3 heteroatoms. The molecule has 1 heterocycles. The van der Waals surface area contributed by atoms with E-state index in [0.29, 0.717) is 11.8 Å². The zero-order chi connectivity index (χ0) is 9.84. The van der Waals surface area contributed by atoms with E-state index in [1.807, 2.05) is 0 Å². The van der Waals surface area contributed by atoms with Crippen LogP contribution in [-0.2, 0) is 4.79 Å². The molecule has 13 heavy (non-hydrogen) atoms. The summed E-state index contributed by atoms with van der Waals surface area (Å²) in [5, 5.41) is 3.32. The highest BCUT2D eigenvalue weighted by Gasteiger charge is 2.29. The number of piperidine rings is 1. The summed E-state index contributed by atoms with van der Waals surface area (Å²) in [6.07, 6.45) is 2.31. The van der Waals surface area contributed by atoms with E-state index < -0.39 is 0 Å². The van der Waals surface area contributed by atoms with Gasteiger partial charge in [-0.3, -0.25) is 4.79 Å². The molecule has 1 amide bonds. The summed E-state index contributed by atoms with van der Waals surface area (Å²) in [7, 11) is 0. The van der Waals surface area contributed by atoms with E-state index in [2.05, 4.69) is 19.2 Å². The molecule has 0 aromatic rings. The van der Waals surface area contributed by atoms with Gasteiger partial charge in [0, 0.05) is 5.92 Å². The second-order valence-corrected chi connectivity index (χ2v) is 4.28. The van der Waals surface area contributed by atoms with Crippen LogP contribution in [0.25, 0.3) is 0 Å². The highest BCUT2D eigenvalue weighted by atomic mass is 16.1. The molecule has 2 unspecified atom stereocenters. The largest absolute Gasteiger partial charge is 0.369 e. The van der Waals surface area contributed by atoms with Gasteiger partial charge in [-0.05, 0) is 37.8 Å². The Labute approximate surface area is 80.1 Å². The van der Waals surface area contributed by atoms with Crippen LogP contribution in [0.4, 0.5) is 0 Å². The average Bonchev–Trinajstić information content (AvgIpc) is 2.04. The average molecular weight is 184 g/mol. The molecule has 2 atom stereocenters. The molecule has 0 spiro atoms. The third-order valence-corrected chi connectivity index (χ3v) is 2.89. The van der Waals surface area contributed by atoms with E-state index in [4.69, 9.17) is 5.73 Å². The van der Waals surface area contributed by atoms with E-state index >= 15 is 0 Å². The fraction of sp³-hybridized carbons (Fsp3) is 0.900. The highest BCUT2D eigenvalue weighted by Crippen LogP contribution is 2.25. The minimum absolute atomic E-state index is 0.0489. The van der Waals surface area contributed by atoms with Crippen LogP contribution >= 0.6 is 0 Å². The Hall–Kier alpha value is -0.570. The summed E-state index contributed by atoms with van der Waals surface area (Å²) >= 11 is 0. The molecular formula is C10H20N2O. The Bertz CT molecular complexity index is 174. The van der Waals surface area contributed by atoms with Crippen molar-refractivity contribution < 1.29 is 4.79 Å². The predicted molar refractivity (Wildman–Crippen MR) is 53.1 cm³/mol. The van der Waals surface area contributed by atoms with Crippen LogP contribution in [0.3, 0.4) is 0 Å². The Morgan fingerprint density at radius 3 is 2.62 bits per heavy atom. The molecule has 76 valence electrons. The van der Waals surface area contributed by atoms with Crippen molar-refractivity contribution in [2.45, 2.75) is 26.7 Å². The van der Waals surface area contributed by atoms with Gasteiger partial charge >= 0.3 is 0 Å². The van der Waals surface area contributed by atoms with Crippen LogP contribution in [0.5, 0.6) is 0 Å². The number of nitrogens with one attached hydrogen (secondary N) is 1. The van der Waals surface area contributed by atoms with E-state index in [0.717, 1.165) is 19.5 Å². The first kappa shape index (κ1) is 10.5. The molecule has 0 saturated carbocycles. The lowest BCUT2D eigenvalue weighted by molar-refractivity contribution is -0.125. The number of amides is 1. The monoisotopic (exact) mass is 184 g/mol. The van der Waals surface area contributed by atoms with Crippen LogP contribution < -0.4 is 11.1 Å². The van der Waals surface area contributed by atoms with Crippen LogP contribution in [0.1, 0.15) is 26.7 Å². The van der Waals surface area contributed by atoms with Crippen molar-refractivity contribution in [2.75, 3.05) is 13.1 Å². The molecule has 1 aliphatic heterocycles. The SMILES string of the molecule is CC(C)C(C(N)=O)C1CCCNC1. The summed E-state index contributed by atoms with van der Waals surface area (Å²) < 4.78 is 0. The summed E-state index contributed by atoms with van der Waals surface area (Å²) in [5.41, 5.74) is 5.40. The van der Waals surface area contributed by atoms with Gasteiger partial charge in [0.2, 0.25) is 5.91 Å². The number of nitrogens with two attached hydrogens (primary N) is 1. The van der Waals surface area contributed by atoms with Gasteiger partial charge in [0.05, 0.1) is 0 Å². The molecule has 0 aromatic heterocycles. The van der Waals surface area contributed by atoms with Gasteiger partial charge < -0.3 is 11.1 Å². The van der Waals surface area contributed by atoms with Crippen LogP contribution in [0.2, 0.25) is 0 Å². The quantitative estimate of drug-likeness (QED) is 0.680. The van der Waals surface area contributed by atoms with Gasteiger partial charge in [-0.1, -0.05) is 13.8 Å². The molecule has 0 radical (unpaired) electrons. The first-order valence-corrected chi connectivity index (χ1v) is 5.13. The van der Waals surface area contributed by atoms with Gasteiger partial charge in [-0.15, -0.1) is 0 Å². The second kappa shape index (κ2) is 4.61. The van der Waals surface area contributed by atoms with E-state index in [9.17, 15) is 4.79 Å². The van der Waals surface area contributed by atoms with Crippen LogP contribution in [0, 0.1) is 17.8 Å². The number of carbonyl (C=O) groups is 1. The number of primary amides is 1. The number of hydrogen-bond donors (Lipinski definition) is 2. The Morgan fingerprint density at radius 1 is 1.54 bits per heavy atom. The molecule has 0 aromatic carbocycles. The molecule has 1 saturated heterocycles. The maximum atomic E-state index is 11.2. The third-order valence-electron chi connectivity index (χ3n) is 2.89. The smallest absolute Gasteiger partial charge is 0.221 e.